The van der Waals surface area contributed by atoms with Gasteiger partial charge in [-0.05, 0) is 25.7 Å². The van der Waals surface area contributed by atoms with E-state index in [1.807, 2.05) is 0 Å². The summed E-state index contributed by atoms with van der Waals surface area (Å²) in [4.78, 5) is 0. The van der Waals surface area contributed by atoms with Crippen molar-refractivity contribution in [2.45, 2.75) is 36.2 Å². The molecular formula is C6H12BrNO. The number of hydrogen-bond donors (Lipinski definition) is 2. The molecule has 54 valence electrons. The van der Waals surface area contributed by atoms with Gasteiger partial charge in [0.25, 0.3) is 0 Å². The lowest BCUT2D eigenvalue weighted by Crippen LogP contribution is -2.38. The number of alkyl halides is 1. The van der Waals surface area contributed by atoms with Crippen molar-refractivity contribution in [1.82, 2.24) is 0 Å². The first-order valence-electron chi connectivity index (χ1n) is 3.26. The summed E-state index contributed by atoms with van der Waals surface area (Å²) in [5, 5.41) is 9.07. The second kappa shape index (κ2) is 2.56. The average molecular weight is 194 g/mol. The number of halogens is 1. The second-order valence-corrected chi connectivity index (χ2v) is 4.35. The Labute approximate surface area is 63.6 Å². The van der Waals surface area contributed by atoms with Crippen molar-refractivity contribution < 1.29 is 5.11 Å². The molecule has 9 heavy (non-hydrogen) atoms. The van der Waals surface area contributed by atoms with E-state index in [2.05, 4.69) is 15.9 Å². The van der Waals surface area contributed by atoms with Crippen LogP contribution in [-0.2, 0) is 0 Å². The zero-order valence-electron chi connectivity index (χ0n) is 5.31. The minimum absolute atomic E-state index is 0.112. The van der Waals surface area contributed by atoms with Crippen LogP contribution in [0.4, 0.5) is 0 Å². The monoisotopic (exact) mass is 193 g/mol. The lowest BCUT2D eigenvalue weighted by Gasteiger charge is -2.29. The molecule has 0 amide bonds. The molecule has 1 aliphatic rings. The molecule has 0 heterocycles. The molecule has 0 bridgehead atoms. The smallest absolute Gasteiger partial charge is 0.0719 e. The standard InChI is InChI=1S/C6H12BrNO/c7-6(8)3-1-5(9)2-4-6/h5,9H,1-4,8H2. The van der Waals surface area contributed by atoms with Crippen molar-refractivity contribution in [3.63, 3.8) is 0 Å². The highest BCUT2D eigenvalue weighted by Crippen LogP contribution is 2.30. The van der Waals surface area contributed by atoms with Gasteiger partial charge in [0.05, 0.1) is 10.6 Å². The lowest BCUT2D eigenvalue weighted by molar-refractivity contribution is 0.119. The van der Waals surface area contributed by atoms with Crippen molar-refractivity contribution in [3.05, 3.63) is 0 Å². The van der Waals surface area contributed by atoms with E-state index in [0.29, 0.717) is 0 Å². The second-order valence-electron chi connectivity index (χ2n) is 2.77. The lowest BCUT2D eigenvalue weighted by atomic mass is 9.94. The third-order valence-electron chi connectivity index (χ3n) is 1.79. The predicted octanol–water partition coefficient (Wildman–Crippen LogP) is 0.971. The van der Waals surface area contributed by atoms with Gasteiger partial charge >= 0.3 is 0 Å². The number of rotatable bonds is 0. The van der Waals surface area contributed by atoms with Crippen LogP contribution in [-0.4, -0.2) is 15.7 Å². The van der Waals surface area contributed by atoms with Gasteiger partial charge in [-0.25, -0.2) is 0 Å². The first-order chi connectivity index (χ1) is 4.10. The van der Waals surface area contributed by atoms with Crippen LogP contribution in [0.15, 0.2) is 0 Å². The molecule has 0 unspecified atom stereocenters. The number of nitrogens with two attached hydrogens (primary N) is 1. The quantitative estimate of drug-likeness (QED) is 0.445. The van der Waals surface area contributed by atoms with E-state index < -0.39 is 0 Å². The van der Waals surface area contributed by atoms with Crippen molar-refractivity contribution in [3.8, 4) is 0 Å². The Kier molecular flexibility index (Phi) is 2.14. The number of aliphatic hydroxyl groups is 1. The summed E-state index contributed by atoms with van der Waals surface area (Å²) in [5.41, 5.74) is 5.75. The molecule has 1 saturated carbocycles. The van der Waals surface area contributed by atoms with Crippen LogP contribution in [0.1, 0.15) is 25.7 Å². The average Bonchev–Trinajstić information content (AvgIpc) is 1.78. The summed E-state index contributed by atoms with van der Waals surface area (Å²) in [5.74, 6) is 0. The maximum atomic E-state index is 9.07. The van der Waals surface area contributed by atoms with E-state index in [1.165, 1.54) is 0 Å². The summed E-state index contributed by atoms with van der Waals surface area (Å²) in [6.45, 7) is 0. The highest BCUT2D eigenvalue weighted by Gasteiger charge is 2.27. The number of hydrogen-bond acceptors (Lipinski definition) is 2. The highest BCUT2D eigenvalue weighted by atomic mass is 79.9. The summed E-state index contributed by atoms with van der Waals surface area (Å²) in [6, 6.07) is 0. The van der Waals surface area contributed by atoms with Gasteiger partial charge in [0.15, 0.2) is 0 Å². The van der Waals surface area contributed by atoms with Gasteiger partial charge in [0, 0.05) is 0 Å². The molecule has 0 atom stereocenters. The summed E-state index contributed by atoms with van der Waals surface area (Å²) >= 11 is 3.39. The van der Waals surface area contributed by atoms with Crippen molar-refractivity contribution in [2.75, 3.05) is 0 Å². The van der Waals surface area contributed by atoms with Gasteiger partial charge in [-0.2, -0.15) is 0 Å². The van der Waals surface area contributed by atoms with E-state index in [-0.39, 0.29) is 10.6 Å². The fourth-order valence-electron chi connectivity index (χ4n) is 1.08. The largest absolute Gasteiger partial charge is 0.393 e. The predicted molar refractivity (Wildman–Crippen MR) is 40.3 cm³/mol. The molecule has 1 fully saturated rings. The minimum atomic E-state index is -0.188. The summed E-state index contributed by atoms with van der Waals surface area (Å²) in [7, 11) is 0. The molecule has 3 heteroatoms. The first kappa shape index (κ1) is 7.51. The Morgan fingerprint density at radius 1 is 1.44 bits per heavy atom. The van der Waals surface area contributed by atoms with E-state index in [0.717, 1.165) is 25.7 Å². The van der Waals surface area contributed by atoms with Crippen molar-refractivity contribution in [1.29, 1.82) is 0 Å². The van der Waals surface area contributed by atoms with Crippen LogP contribution < -0.4 is 5.73 Å². The maximum Gasteiger partial charge on any atom is 0.0719 e. The molecule has 1 aliphatic carbocycles. The summed E-state index contributed by atoms with van der Waals surface area (Å²) in [6.07, 6.45) is 3.32. The van der Waals surface area contributed by atoms with Gasteiger partial charge in [-0.1, -0.05) is 15.9 Å². The van der Waals surface area contributed by atoms with Crippen LogP contribution in [0.25, 0.3) is 0 Å². The van der Waals surface area contributed by atoms with E-state index >= 15 is 0 Å². The van der Waals surface area contributed by atoms with Gasteiger partial charge in [-0.3, -0.25) is 0 Å². The maximum absolute atomic E-state index is 9.07. The Morgan fingerprint density at radius 3 is 2.22 bits per heavy atom. The van der Waals surface area contributed by atoms with E-state index in [1.54, 1.807) is 0 Å². The van der Waals surface area contributed by atoms with Crippen molar-refractivity contribution >= 4 is 15.9 Å². The van der Waals surface area contributed by atoms with Crippen LogP contribution in [0, 0.1) is 0 Å². The van der Waals surface area contributed by atoms with Crippen molar-refractivity contribution in [2.24, 2.45) is 5.73 Å². The molecule has 0 aromatic heterocycles. The Morgan fingerprint density at radius 2 is 1.89 bits per heavy atom. The van der Waals surface area contributed by atoms with Crippen LogP contribution in [0.2, 0.25) is 0 Å². The fourth-order valence-corrected chi connectivity index (χ4v) is 1.54. The van der Waals surface area contributed by atoms with Gasteiger partial charge in [0.1, 0.15) is 0 Å². The molecule has 0 aromatic carbocycles. The Balaban J connectivity index is 2.35. The number of aliphatic hydroxyl groups excluding tert-OH is 1. The van der Waals surface area contributed by atoms with Gasteiger partial charge in [0.2, 0.25) is 0 Å². The van der Waals surface area contributed by atoms with Gasteiger partial charge < -0.3 is 10.8 Å². The summed E-state index contributed by atoms with van der Waals surface area (Å²) < 4.78 is -0.188. The molecule has 0 aromatic rings. The zero-order valence-corrected chi connectivity index (χ0v) is 6.89. The SMILES string of the molecule is NC1(Br)CCC(O)CC1. The van der Waals surface area contributed by atoms with Crippen LogP contribution in [0.3, 0.4) is 0 Å². The minimum Gasteiger partial charge on any atom is -0.393 e. The topological polar surface area (TPSA) is 46.2 Å². The Bertz CT molecular complexity index is 95.2. The molecule has 3 N–H and O–H groups in total. The third-order valence-corrected chi connectivity index (χ3v) is 2.58. The van der Waals surface area contributed by atoms with E-state index in [9.17, 15) is 0 Å². The van der Waals surface area contributed by atoms with E-state index in [4.69, 9.17) is 10.8 Å². The molecule has 0 aliphatic heterocycles. The molecule has 0 spiro atoms. The molecular weight excluding hydrogens is 182 g/mol. The molecule has 0 saturated heterocycles. The Hall–Kier alpha value is 0.400. The normalized spacial score (nSPS) is 45.0. The first-order valence-corrected chi connectivity index (χ1v) is 4.05. The molecule has 0 radical (unpaired) electrons. The molecule has 2 nitrogen and oxygen atoms in total. The highest BCUT2D eigenvalue weighted by molar-refractivity contribution is 9.10. The fraction of sp³-hybridized carbons (Fsp3) is 1.00. The van der Waals surface area contributed by atoms with Gasteiger partial charge in [-0.15, -0.1) is 0 Å². The van der Waals surface area contributed by atoms with Crippen LogP contribution in [0.5, 0.6) is 0 Å². The zero-order chi connectivity index (χ0) is 6.91. The third kappa shape index (κ3) is 2.24. The molecule has 1 rings (SSSR count). The van der Waals surface area contributed by atoms with Crippen LogP contribution >= 0.6 is 15.9 Å².